The third kappa shape index (κ3) is 5.43. The zero-order chi connectivity index (χ0) is 14.3. The van der Waals surface area contributed by atoms with E-state index < -0.39 is 11.6 Å². The van der Waals surface area contributed by atoms with Gasteiger partial charge in [-0.05, 0) is 30.7 Å². The summed E-state index contributed by atoms with van der Waals surface area (Å²) in [6, 6.07) is 10.2. The smallest absolute Gasteiger partial charge is 0.306 e. The van der Waals surface area contributed by atoms with Gasteiger partial charge < -0.3 is 10.2 Å². The fraction of sp³-hybridized carbons (Fsp3) is 0.562. The second-order valence-electron chi connectivity index (χ2n) is 5.52. The van der Waals surface area contributed by atoms with Gasteiger partial charge in [-0.2, -0.15) is 0 Å². The molecule has 0 saturated carbocycles. The molecule has 0 aliphatic heterocycles. The molecule has 0 heterocycles. The minimum absolute atomic E-state index is 0.0414. The van der Waals surface area contributed by atoms with Crippen LogP contribution in [0.4, 0.5) is 0 Å². The lowest BCUT2D eigenvalue weighted by Gasteiger charge is -2.30. The van der Waals surface area contributed by atoms with E-state index in [1.807, 2.05) is 32.0 Å². The standard InChI is InChI=1S/C16H24O3/c1-13(2)16(19,12-15(17)18)11-7-6-10-14-8-4-3-5-9-14/h3-5,8-9,13,19H,6-7,10-12H2,1-2H3,(H,17,18). The number of carbonyl (C=O) groups is 1. The van der Waals surface area contributed by atoms with Crippen LogP contribution in [0.15, 0.2) is 30.3 Å². The van der Waals surface area contributed by atoms with Gasteiger partial charge in [0, 0.05) is 0 Å². The lowest BCUT2D eigenvalue weighted by atomic mass is 9.82. The lowest BCUT2D eigenvalue weighted by Crippen LogP contribution is -2.37. The van der Waals surface area contributed by atoms with Gasteiger partial charge in [0.15, 0.2) is 0 Å². The van der Waals surface area contributed by atoms with Crippen molar-refractivity contribution in [3.8, 4) is 0 Å². The predicted octanol–water partition coefficient (Wildman–Crippen LogP) is 3.26. The zero-order valence-electron chi connectivity index (χ0n) is 11.8. The molecule has 0 aliphatic rings. The van der Waals surface area contributed by atoms with Gasteiger partial charge in [0.25, 0.3) is 0 Å². The first-order chi connectivity index (χ1) is 8.94. The summed E-state index contributed by atoms with van der Waals surface area (Å²) in [6.07, 6.45) is 3.16. The minimum atomic E-state index is -1.08. The minimum Gasteiger partial charge on any atom is -0.481 e. The van der Waals surface area contributed by atoms with Gasteiger partial charge in [-0.1, -0.05) is 50.6 Å². The number of carboxylic acids is 1. The van der Waals surface area contributed by atoms with Crippen molar-refractivity contribution in [2.45, 2.75) is 51.6 Å². The van der Waals surface area contributed by atoms with Crippen molar-refractivity contribution in [2.75, 3.05) is 0 Å². The molecule has 19 heavy (non-hydrogen) atoms. The molecule has 0 radical (unpaired) electrons. The van der Waals surface area contributed by atoms with Crippen LogP contribution in [0, 0.1) is 5.92 Å². The molecule has 1 rings (SSSR count). The largest absolute Gasteiger partial charge is 0.481 e. The van der Waals surface area contributed by atoms with Crippen LogP contribution in [0.1, 0.15) is 45.1 Å². The molecule has 0 aliphatic carbocycles. The first-order valence-corrected chi connectivity index (χ1v) is 6.92. The highest BCUT2D eigenvalue weighted by atomic mass is 16.4. The highest BCUT2D eigenvalue weighted by Crippen LogP contribution is 2.27. The molecule has 3 heteroatoms. The Balaban J connectivity index is 2.39. The Morgan fingerprint density at radius 3 is 2.37 bits per heavy atom. The monoisotopic (exact) mass is 264 g/mol. The number of aryl methyl sites for hydroxylation is 1. The number of hydrogen-bond acceptors (Lipinski definition) is 2. The van der Waals surface area contributed by atoms with Crippen molar-refractivity contribution in [1.82, 2.24) is 0 Å². The number of carboxylic acid groups (broad SMARTS) is 1. The summed E-state index contributed by atoms with van der Waals surface area (Å²) in [5.41, 5.74) is 0.205. The van der Waals surface area contributed by atoms with Gasteiger partial charge in [-0.3, -0.25) is 4.79 Å². The van der Waals surface area contributed by atoms with Crippen molar-refractivity contribution >= 4 is 5.97 Å². The van der Waals surface area contributed by atoms with Gasteiger partial charge in [0.1, 0.15) is 0 Å². The van der Waals surface area contributed by atoms with Gasteiger partial charge in [0.2, 0.25) is 0 Å². The van der Waals surface area contributed by atoms with E-state index in [9.17, 15) is 9.90 Å². The highest BCUT2D eigenvalue weighted by Gasteiger charge is 2.32. The number of aliphatic carboxylic acids is 1. The molecule has 1 aromatic carbocycles. The Labute approximate surface area is 115 Å². The number of unbranched alkanes of at least 4 members (excludes halogenated alkanes) is 1. The van der Waals surface area contributed by atoms with Gasteiger partial charge in [0.05, 0.1) is 12.0 Å². The average molecular weight is 264 g/mol. The van der Waals surface area contributed by atoms with Crippen LogP contribution in [-0.2, 0) is 11.2 Å². The Morgan fingerprint density at radius 2 is 1.84 bits per heavy atom. The maximum Gasteiger partial charge on any atom is 0.306 e. The number of hydrogen-bond donors (Lipinski definition) is 2. The molecule has 3 nitrogen and oxygen atoms in total. The van der Waals surface area contributed by atoms with Gasteiger partial charge in [-0.25, -0.2) is 0 Å². The Bertz CT molecular complexity index is 386. The molecule has 0 aromatic heterocycles. The summed E-state index contributed by atoms with van der Waals surface area (Å²) >= 11 is 0. The number of benzene rings is 1. The fourth-order valence-electron chi connectivity index (χ4n) is 2.25. The van der Waals surface area contributed by atoms with Crippen molar-refractivity contribution in [3.63, 3.8) is 0 Å². The average Bonchev–Trinajstić information content (AvgIpc) is 2.35. The summed E-state index contributed by atoms with van der Waals surface area (Å²) in [4.78, 5) is 10.8. The Kier molecular flexibility index (Phi) is 6.03. The number of aliphatic hydroxyl groups is 1. The Morgan fingerprint density at radius 1 is 1.21 bits per heavy atom. The van der Waals surface area contributed by atoms with E-state index in [1.165, 1.54) is 5.56 Å². The number of rotatable bonds is 8. The van der Waals surface area contributed by atoms with E-state index in [4.69, 9.17) is 5.11 Å². The van der Waals surface area contributed by atoms with Crippen molar-refractivity contribution in [3.05, 3.63) is 35.9 Å². The van der Waals surface area contributed by atoms with Crippen LogP contribution in [0.25, 0.3) is 0 Å². The van der Waals surface area contributed by atoms with Crippen LogP contribution < -0.4 is 0 Å². The summed E-state index contributed by atoms with van der Waals surface area (Å²) in [5.74, 6) is -0.973. The zero-order valence-corrected chi connectivity index (χ0v) is 11.8. The summed E-state index contributed by atoms with van der Waals surface area (Å²) < 4.78 is 0. The van der Waals surface area contributed by atoms with Crippen LogP contribution in [0.3, 0.4) is 0 Å². The molecule has 0 saturated heterocycles. The molecule has 1 unspecified atom stereocenters. The molecule has 0 fully saturated rings. The molecule has 1 atom stereocenters. The van der Waals surface area contributed by atoms with Crippen LogP contribution in [0.5, 0.6) is 0 Å². The van der Waals surface area contributed by atoms with Crippen LogP contribution in [0.2, 0.25) is 0 Å². The SMILES string of the molecule is CC(C)C(O)(CCCCc1ccccc1)CC(=O)O. The quantitative estimate of drug-likeness (QED) is 0.708. The van der Waals surface area contributed by atoms with Crippen LogP contribution >= 0.6 is 0 Å². The predicted molar refractivity (Wildman–Crippen MR) is 76.0 cm³/mol. The Hall–Kier alpha value is -1.35. The van der Waals surface area contributed by atoms with Crippen molar-refractivity contribution in [1.29, 1.82) is 0 Å². The molecule has 0 amide bonds. The molecule has 0 bridgehead atoms. The van der Waals surface area contributed by atoms with E-state index in [2.05, 4.69) is 12.1 Å². The van der Waals surface area contributed by atoms with E-state index in [-0.39, 0.29) is 12.3 Å². The van der Waals surface area contributed by atoms with Crippen molar-refractivity contribution < 1.29 is 15.0 Å². The fourth-order valence-corrected chi connectivity index (χ4v) is 2.25. The van der Waals surface area contributed by atoms with Gasteiger partial charge in [-0.15, -0.1) is 0 Å². The van der Waals surface area contributed by atoms with Crippen LogP contribution in [-0.4, -0.2) is 21.8 Å². The third-order valence-corrected chi connectivity index (χ3v) is 3.70. The molecule has 106 valence electrons. The third-order valence-electron chi connectivity index (χ3n) is 3.70. The molecule has 0 spiro atoms. The molecule has 1 aromatic rings. The van der Waals surface area contributed by atoms with Gasteiger partial charge >= 0.3 is 5.97 Å². The normalized spacial score (nSPS) is 14.3. The highest BCUT2D eigenvalue weighted by molar-refractivity contribution is 5.68. The van der Waals surface area contributed by atoms with E-state index in [1.54, 1.807) is 0 Å². The van der Waals surface area contributed by atoms with E-state index >= 15 is 0 Å². The molecular weight excluding hydrogens is 240 g/mol. The topological polar surface area (TPSA) is 57.5 Å². The molecular formula is C16H24O3. The second kappa shape index (κ2) is 7.29. The maximum atomic E-state index is 10.8. The molecule has 2 N–H and O–H groups in total. The van der Waals surface area contributed by atoms with Crippen molar-refractivity contribution in [2.24, 2.45) is 5.92 Å². The van der Waals surface area contributed by atoms with E-state index in [0.717, 1.165) is 19.3 Å². The second-order valence-corrected chi connectivity index (χ2v) is 5.52. The summed E-state index contributed by atoms with van der Waals surface area (Å²) in [7, 11) is 0. The van der Waals surface area contributed by atoms with E-state index in [0.29, 0.717) is 6.42 Å². The first-order valence-electron chi connectivity index (χ1n) is 6.92. The lowest BCUT2D eigenvalue weighted by molar-refractivity contribution is -0.145. The summed E-state index contributed by atoms with van der Waals surface area (Å²) in [5, 5.41) is 19.2. The maximum absolute atomic E-state index is 10.8. The summed E-state index contributed by atoms with van der Waals surface area (Å²) in [6.45, 7) is 3.75. The first kappa shape index (κ1) is 15.7.